The molecule has 0 spiro atoms. The fraction of sp³-hybridized carbons (Fsp3) is 0.889. The summed E-state index contributed by atoms with van der Waals surface area (Å²) in [7, 11) is 0. The average Bonchev–Trinajstić information content (AvgIpc) is 1.90. The molecule has 0 aromatic heterocycles. The Hall–Kier alpha value is 0. The Balaban J connectivity index is 2.23. The maximum Gasteiger partial charge on any atom is -0.0352 e. The van der Waals surface area contributed by atoms with Crippen LogP contribution in [-0.4, -0.2) is 0 Å². The molecule has 1 fully saturated rings. The largest absolute Gasteiger partial charge is 0.0625 e. The first-order valence-corrected chi connectivity index (χ1v) is 4.14. The Morgan fingerprint density at radius 1 is 1.33 bits per heavy atom. The summed E-state index contributed by atoms with van der Waals surface area (Å²) in [6.45, 7) is 4.65. The van der Waals surface area contributed by atoms with Crippen molar-refractivity contribution in [2.24, 2.45) is 11.8 Å². The van der Waals surface area contributed by atoms with Gasteiger partial charge in [-0.15, -0.1) is 0 Å². The normalized spacial score (nSPS) is 23.0. The highest BCUT2D eigenvalue weighted by atomic mass is 14.2. The summed E-state index contributed by atoms with van der Waals surface area (Å²) < 4.78 is 0. The van der Waals surface area contributed by atoms with E-state index in [4.69, 9.17) is 0 Å². The molecule has 0 nitrogen and oxygen atoms in total. The van der Waals surface area contributed by atoms with Crippen LogP contribution < -0.4 is 0 Å². The third kappa shape index (κ3) is 2.00. The van der Waals surface area contributed by atoms with Gasteiger partial charge in [-0.1, -0.05) is 26.7 Å². The maximum absolute atomic E-state index is 2.51. The zero-order valence-corrected chi connectivity index (χ0v) is 6.56. The Kier molecular flexibility index (Phi) is 2.56. The van der Waals surface area contributed by atoms with Crippen LogP contribution in [0.5, 0.6) is 0 Å². The smallest absolute Gasteiger partial charge is 0.0352 e. The molecule has 0 aliphatic heterocycles. The molecule has 53 valence electrons. The van der Waals surface area contributed by atoms with Crippen LogP contribution in [0.15, 0.2) is 0 Å². The molecule has 0 unspecified atom stereocenters. The molecule has 1 aliphatic carbocycles. The van der Waals surface area contributed by atoms with Gasteiger partial charge in [-0.05, 0) is 31.1 Å². The minimum absolute atomic E-state index is 0.880. The van der Waals surface area contributed by atoms with E-state index in [0.29, 0.717) is 0 Å². The van der Waals surface area contributed by atoms with Gasteiger partial charge in [-0.3, -0.25) is 0 Å². The van der Waals surface area contributed by atoms with Crippen molar-refractivity contribution in [2.45, 2.75) is 39.5 Å². The van der Waals surface area contributed by atoms with Gasteiger partial charge in [0.25, 0.3) is 0 Å². The van der Waals surface area contributed by atoms with Gasteiger partial charge in [0.05, 0.1) is 0 Å². The minimum Gasteiger partial charge on any atom is -0.0625 e. The van der Waals surface area contributed by atoms with Crippen LogP contribution in [0, 0.1) is 18.3 Å². The molecule has 0 aromatic carbocycles. The van der Waals surface area contributed by atoms with Crippen molar-refractivity contribution in [3.8, 4) is 0 Å². The van der Waals surface area contributed by atoms with Gasteiger partial charge in [-0.25, -0.2) is 0 Å². The van der Waals surface area contributed by atoms with Crippen molar-refractivity contribution >= 4 is 0 Å². The standard InChI is InChI=1S/C9H17/c1-8(2)9-6-4-3-5-7-9/h6,8-9H,3-5,7H2,1-2H3/t9-/m0/s1. The minimum atomic E-state index is 0.880. The van der Waals surface area contributed by atoms with E-state index in [1.54, 1.807) is 0 Å². The van der Waals surface area contributed by atoms with Crippen molar-refractivity contribution in [3.05, 3.63) is 6.42 Å². The summed E-state index contributed by atoms with van der Waals surface area (Å²) in [5.41, 5.74) is 0. The molecule has 1 saturated carbocycles. The summed E-state index contributed by atoms with van der Waals surface area (Å²) in [6.07, 6.45) is 8.21. The Morgan fingerprint density at radius 3 is 2.44 bits per heavy atom. The van der Waals surface area contributed by atoms with Gasteiger partial charge in [0.15, 0.2) is 0 Å². The Bertz CT molecular complexity index is 68.1. The van der Waals surface area contributed by atoms with Crippen molar-refractivity contribution < 1.29 is 0 Å². The predicted octanol–water partition coefficient (Wildman–Crippen LogP) is 3.04. The van der Waals surface area contributed by atoms with E-state index in [2.05, 4.69) is 20.3 Å². The lowest BCUT2D eigenvalue weighted by Crippen LogP contribution is -2.12. The second-order valence-electron chi connectivity index (χ2n) is 3.43. The molecule has 0 amide bonds. The van der Waals surface area contributed by atoms with Crippen molar-refractivity contribution in [2.75, 3.05) is 0 Å². The molecule has 0 saturated heterocycles. The van der Waals surface area contributed by atoms with Crippen molar-refractivity contribution in [3.63, 3.8) is 0 Å². The SMILES string of the molecule is CC(C)[C@H]1[CH]CCCC1. The quantitative estimate of drug-likeness (QED) is 0.505. The molecular weight excluding hydrogens is 108 g/mol. The summed E-state index contributed by atoms with van der Waals surface area (Å²) in [4.78, 5) is 0. The number of hydrogen-bond acceptors (Lipinski definition) is 0. The maximum atomic E-state index is 2.51. The first-order chi connectivity index (χ1) is 4.30. The van der Waals surface area contributed by atoms with E-state index in [1.807, 2.05) is 0 Å². The highest BCUT2D eigenvalue weighted by molar-refractivity contribution is 4.82. The average molecular weight is 125 g/mol. The van der Waals surface area contributed by atoms with Crippen LogP contribution in [0.2, 0.25) is 0 Å². The fourth-order valence-corrected chi connectivity index (χ4v) is 1.58. The predicted molar refractivity (Wildman–Crippen MR) is 41.1 cm³/mol. The molecule has 1 atom stereocenters. The number of rotatable bonds is 1. The second-order valence-corrected chi connectivity index (χ2v) is 3.43. The lowest BCUT2D eigenvalue weighted by molar-refractivity contribution is 0.350. The zero-order chi connectivity index (χ0) is 6.69. The first kappa shape index (κ1) is 7.11. The van der Waals surface area contributed by atoms with E-state index in [0.717, 1.165) is 11.8 Å². The Morgan fingerprint density at radius 2 is 2.11 bits per heavy atom. The highest BCUT2D eigenvalue weighted by Gasteiger charge is 2.15. The van der Waals surface area contributed by atoms with Crippen LogP contribution >= 0.6 is 0 Å². The van der Waals surface area contributed by atoms with Crippen molar-refractivity contribution in [1.82, 2.24) is 0 Å². The van der Waals surface area contributed by atoms with Gasteiger partial charge >= 0.3 is 0 Å². The van der Waals surface area contributed by atoms with E-state index in [1.165, 1.54) is 25.7 Å². The fourth-order valence-electron chi connectivity index (χ4n) is 1.58. The van der Waals surface area contributed by atoms with Crippen molar-refractivity contribution in [1.29, 1.82) is 0 Å². The van der Waals surface area contributed by atoms with Gasteiger partial charge in [-0.2, -0.15) is 0 Å². The molecule has 9 heavy (non-hydrogen) atoms. The van der Waals surface area contributed by atoms with E-state index in [-0.39, 0.29) is 0 Å². The molecular formula is C9H17. The summed E-state index contributed by atoms with van der Waals surface area (Å²) in [6, 6.07) is 0. The van der Waals surface area contributed by atoms with Crippen LogP contribution in [-0.2, 0) is 0 Å². The highest BCUT2D eigenvalue weighted by Crippen LogP contribution is 2.28. The van der Waals surface area contributed by atoms with E-state index >= 15 is 0 Å². The van der Waals surface area contributed by atoms with Gasteiger partial charge in [0.1, 0.15) is 0 Å². The molecule has 0 heteroatoms. The lowest BCUT2D eigenvalue weighted by atomic mass is 9.82. The van der Waals surface area contributed by atoms with E-state index in [9.17, 15) is 0 Å². The molecule has 0 heterocycles. The molecule has 0 aromatic rings. The van der Waals surface area contributed by atoms with Gasteiger partial charge in [0, 0.05) is 0 Å². The third-order valence-electron chi connectivity index (χ3n) is 2.32. The number of hydrogen-bond donors (Lipinski definition) is 0. The van der Waals surface area contributed by atoms with Gasteiger partial charge < -0.3 is 0 Å². The molecule has 0 bridgehead atoms. The molecule has 1 rings (SSSR count). The summed E-state index contributed by atoms with van der Waals surface area (Å²) >= 11 is 0. The topological polar surface area (TPSA) is 0 Å². The van der Waals surface area contributed by atoms with Crippen LogP contribution in [0.25, 0.3) is 0 Å². The van der Waals surface area contributed by atoms with Crippen LogP contribution in [0.3, 0.4) is 0 Å². The molecule has 0 N–H and O–H groups in total. The first-order valence-electron chi connectivity index (χ1n) is 4.14. The zero-order valence-electron chi connectivity index (χ0n) is 6.56. The lowest BCUT2D eigenvalue weighted by Gasteiger charge is -2.24. The van der Waals surface area contributed by atoms with Crippen LogP contribution in [0.4, 0.5) is 0 Å². The van der Waals surface area contributed by atoms with Crippen LogP contribution in [0.1, 0.15) is 39.5 Å². The summed E-state index contributed by atoms with van der Waals surface area (Å²) in [5.74, 6) is 1.81. The third-order valence-corrected chi connectivity index (χ3v) is 2.32. The van der Waals surface area contributed by atoms with Gasteiger partial charge in [0.2, 0.25) is 0 Å². The van der Waals surface area contributed by atoms with E-state index < -0.39 is 0 Å². The summed E-state index contributed by atoms with van der Waals surface area (Å²) in [5, 5.41) is 0. The molecule has 1 aliphatic rings. The monoisotopic (exact) mass is 125 g/mol. The molecule has 1 radical (unpaired) electrons. The Labute approximate surface area is 58.7 Å². The second kappa shape index (κ2) is 3.24.